The molecule has 0 aromatic carbocycles. The van der Waals surface area contributed by atoms with E-state index in [1.54, 1.807) is 0 Å². The summed E-state index contributed by atoms with van der Waals surface area (Å²) in [5.74, 6) is 1.45. The Morgan fingerprint density at radius 3 is 2.53 bits per heavy atom. The van der Waals surface area contributed by atoms with Crippen molar-refractivity contribution in [1.29, 1.82) is 0 Å². The maximum atomic E-state index is 11.8. The Morgan fingerprint density at radius 2 is 1.82 bits per heavy atom. The number of amides is 1. The van der Waals surface area contributed by atoms with Gasteiger partial charge in [0, 0.05) is 26.2 Å². The van der Waals surface area contributed by atoms with Gasteiger partial charge in [-0.3, -0.25) is 4.79 Å². The molecule has 2 saturated heterocycles. The second-order valence-corrected chi connectivity index (χ2v) is 5.26. The van der Waals surface area contributed by atoms with Crippen molar-refractivity contribution in [3.05, 3.63) is 0 Å². The molecule has 98 valence electrons. The van der Waals surface area contributed by atoms with Gasteiger partial charge in [0.1, 0.15) is 0 Å². The molecule has 0 spiro atoms. The van der Waals surface area contributed by atoms with Gasteiger partial charge in [-0.1, -0.05) is 0 Å². The first-order valence-electron chi connectivity index (χ1n) is 6.90. The van der Waals surface area contributed by atoms with Gasteiger partial charge in [0.15, 0.2) is 0 Å². The van der Waals surface area contributed by atoms with E-state index in [4.69, 9.17) is 4.74 Å². The zero-order valence-corrected chi connectivity index (χ0v) is 10.5. The standard InChI is InChI=1S/C13H24N2O2/c16-13(9-11-3-7-17-8-4-11)15-10-12-1-5-14-6-2-12/h11-12,14H,1-10H2,(H,15,16). The van der Waals surface area contributed by atoms with Crippen molar-refractivity contribution in [3.63, 3.8) is 0 Å². The molecule has 0 aromatic rings. The van der Waals surface area contributed by atoms with Crippen molar-refractivity contribution < 1.29 is 9.53 Å². The summed E-state index contributed by atoms with van der Waals surface area (Å²) in [5, 5.41) is 6.43. The maximum Gasteiger partial charge on any atom is 0.220 e. The van der Waals surface area contributed by atoms with Crippen LogP contribution in [0.3, 0.4) is 0 Å². The summed E-state index contributed by atoms with van der Waals surface area (Å²) in [4.78, 5) is 11.8. The highest BCUT2D eigenvalue weighted by Gasteiger charge is 2.18. The van der Waals surface area contributed by atoms with Crippen LogP contribution in [-0.2, 0) is 9.53 Å². The topological polar surface area (TPSA) is 50.4 Å². The summed E-state index contributed by atoms with van der Waals surface area (Å²) in [5.41, 5.74) is 0. The van der Waals surface area contributed by atoms with Gasteiger partial charge in [-0.2, -0.15) is 0 Å². The first-order valence-corrected chi connectivity index (χ1v) is 6.90. The molecular formula is C13H24N2O2. The van der Waals surface area contributed by atoms with E-state index in [1.807, 2.05) is 0 Å². The van der Waals surface area contributed by atoms with Gasteiger partial charge in [0.2, 0.25) is 5.91 Å². The molecule has 1 amide bonds. The molecule has 2 fully saturated rings. The quantitative estimate of drug-likeness (QED) is 0.768. The fourth-order valence-electron chi connectivity index (χ4n) is 2.63. The number of hydrogen-bond acceptors (Lipinski definition) is 3. The minimum Gasteiger partial charge on any atom is -0.381 e. The van der Waals surface area contributed by atoms with E-state index in [0.717, 1.165) is 45.7 Å². The van der Waals surface area contributed by atoms with Crippen molar-refractivity contribution in [1.82, 2.24) is 10.6 Å². The summed E-state index contributed by atoms with van der Waals surface area (Å²) in [6.07, 6.45) is 5.16. The van der Waals surface area contributed by atoms with Crippen molar-refractivity contribution in [2.45, 2.75) is 32.1 Å². The maximum absolute atomic E-state index is 11.8. The minimum absolute atomic E-state index is 0.232. The molecule has 0 atom stereocenters. The van der Waals surface area contributed by atoms with Gasteiger partial charge < -0.3 is 15.4 Å². The predicted molar refractivity (Wildman–Crippen MR) is 66.8 cm³/mol. The van der Waals surface area contributed by atoms with E-state index in [-0.39, 0.29) is 5.91 Å². The summed E-state index contributed by atoms with van der Waals surface area (Å²) < 4.78 is 5.30. The summed E-state index contributed by atoms with van der Waals surface area (Å²) >= 11 is 0. The fraction of sp³-hybridized carbons (Fsp3) is 0.923. The van der Waals surface area contributed by atoms with Crippen LogP contribution in [0.25, 0.3) is 0 Å². The highest BCUT2D eigenvalue weighted by atomic mass is 16.5. The normalized spacial score (nSPS) is 23.5. The van der Waals surface area contributed by atoms with E-state index >= 15 is 0 Å². The van der Waals surface area contributed by atoms with E-state index < -0.39 is 0 Å². The number of rotatable bonds is 4. The molecule has 4 nitrogen and oxygen atoms in total. The average Bonchev–Trinajstić information content (AvgIpc) is 2.39. The lowest BCUT2D eigenvalue weighted by molar-refractivity contribution is -0.122. The van der Waals surface area contributed by atoms with Crippen molar-refractivity contribution >= 4 is 5.91 Å². The second kappa shape index (κ2) is 6.97. The molecule has 0 aliphatic carbocycles. The Hall–Kier alpha value is -0.610. The van der Waals surface area contributed by atoms with Crippen LogP contribution in [0.1, 0.15) is 32.1 Å². The van der Waals surface area contributed by atoms with E-state index in [0.29, 0.717) is 18.3 Å². The molecule has 2 aliphatic rings. The summed E-state index contributed by atoms with van der Waals surface area (Å²) in [6.45, 7) is 4.71. The van der Waals surface area contributed by atoms with E-state index in [1.165, 1.54) is 12.8 Å². The molecule has 2 aliphatic heterocycles. The number of nitrogens with one attached hydrogen (secondary N) is 2. The molecule has 17 heavy (non-hydrogen) atoms. The molecule has 0 unspecified atom stereocenters. The zero-order valence-electron chi connectivity index (χ0n) is 10.5. The Morgan fingerprint density at radius 1 is 1.12 bits per heavy atom. The summed E-state index contributed by atoms with van der Waals surface area (Å²) in [6, 6.07) is 0. The van der Waals surface area contributed by atoms with Crippen LogP contribution in [0.15, 0.2) is 0 Å². The molecule has 2 heterocycles. The van der Waals surface area contributed by atoms with E-state index in [9.17, 15) is 4.79 Å². The van der Waals surface area contributed by atoms with Crippen LogP contribution >= 0.6 is 0 Å². The van der Waals surface area contributed by atoms with Gasteiger partial charge in [-0.15, -0.1) is 0 Å². The Labute approximate surface area is 103 Å². The fourth-order valence-corrected chi connectivity index (χ4v) is 2.63. The molecule has 0 aromatic heterocycles. The van der Waals surface area contributed by atoms with Crippen molar-refractivity contribution in [2.75, 3.05) is 32.8 Å². The van der Waals surface area contributed by atoms with Gasteiger partial charge in [-0.05, 0) is 50.6 Å². The Kier molecular flexibility index (Phi) is 5.26. The molecular weight excluding hydrogens is 216 g/mol. The zero-order chi connectivity index (χ0) is 11.9. The van der Waals surface area contributed by atoms with Gasteiger partial charge in [0.05, 0.1) is 0 Å². The second-order valence-electron chi connectivity index (χ2n) is 5.26. The van der Waals surface area contributed by atoms with Crippen molar-refractivity contribution in [2.24, 2.45) is 11.8 Å². The highest BCUT2D eigenvalue weighted by molar-refractivity contribution is 5.76. The number of carbonyl (C=O) groups excluding carboxylic acids is 1. The first-order chi connectivity index (χ1) is 8.34. The van der Waals surface area contributed by atoms with Crippen LogP contribution in [0.2, 0.25) is 0 Å². The van der Waals surface area contributed by atoms with Crippen LogP contribution in [0, 0.1) is 11.8 Å². The van der Waals surface area contributed by atoms with Gasteiger partial charge in [0.25, 0.3) is 0 Å². The third kappa shape index (κ3) is 4.64. The predicted octanol–water partition coefficient (Wildman–Crippen LogP) is 0.919. The van der Waals surface area contributed by atoms with Gasteiger partial charge >= 0.3 is 0 Å². The van der Waals surface area contributed by atoms with Gasteiger partial charge in [-0.25, -0.2) is 0 Å². The number of hydrogen-bond donors (Lipinski definition) is 2. The van der Waals surface area contributed by atoms with E-state index in [2.05, 4.69) is 10.6 Å². The molecule has 2 rings (SSSR count). The number of piperidine rings is 1. The first kappa shape index (κ1) is 12.8. The molecule has 2 N–H and O–H groups in total. The number of carbonyl (C=O) groups is 1. The summed E-state index contributed by atoms with van der Waals surface area (Å²) in [7, 11) is 0. The van der Waals surface area contributed by atoms with Crippen LogP contribution in [0.5, 0.6) is 0 Å². The van der Waals surface area contributed by atoms with Crippen molar-refractivity contribution in [3.8, 4) is 0 Å². The third-order valence-electron chi connectivity index (χ3n) is 3.86. The lowest BCUT2D eigenvalue weighted by atomic mass is 9.95. The molecule has 0 bridgehead atoms. The smallest absolute Gasteiger partial charge is 0.220 e. The molecule has 0 saturated carbocycles. The monoisotopic (exact) mass is 240 g/mol. The largest absolute Gasteiger partial charge is 0.381 e. The lowest BCUT2D eigenvalue weighted by Gasteiger charge is -2.24. The third-order valence-corrected chi connectivity index (χ3v) is 3.86. The average molecular weight is 240 g/mol. The van der Waals surface area contributed by atoms with Crippen LogP contribution in [-0.4, -0.2) is 38.8 Å². The molecule has 4 heteroatoms. The Balaban J connectivity index is 1.59. The Bertz CT molecular complexity index is 234. The van der Waals surface area contributed by atoms with Crippen LogP contribution in [0.4, 0.5) is 0 Å². The SMILES string of the molecule is O=C(CC1CCOCC1)NCC1CCNCC1. The highest BCUT2D eigenvalue weighted by Crippen LogP contribution is 2.18. The van der Waals surface area contributed by atoms with Crippen LogP contribution < -0.4 is 10.6 Å². The lowest BCUT2D eigenvalue weighted by Crippen LogP contribution is -2.36. The molecule has 0 radical (unpaired) electrons. The minimum atomic E-state index is 0.232. The number of ether oxygens (including phenoxy) is 1.